The number of aryl methyl sites for hydroxylation is 1. The first-order valence-electron chi connectivity index (χ1n) is 6.51. The van der Waals surface area contributed by atoms with Crippen LogP contribution in [0.2, 0.25) is 0 Å². The first-order valence-corrected chi connectivity index (χ1v) is 8.00. The Morgan fingerprint density at radius 2 is 1.81 bits per heavy atom. The average molecular weight is 306 g/mol. The van der Waals surface area contributed by atoms with Crippen LogP contribution in [-0.2, 0) is 16.4 Å². The van der Waals surface area contributed by atoms with Crippen LogP contribution in [0.15, 0.2) is 47.4 Å². The van der Waals surface area contributed by atoms with E-state index in [4.69, 9.17) is 10.5 Å². The summed E-state index contributed by atoms with van der Waals surface area (Å²) in [7, 11) is -2.10. The molecular formula is C15H18N2O3S. The molecule has 0 aromatic heterocycles. The van der Waals surface area contributed by atoms with Crippen molar-refractivity contribution in [3.05, 3.63) is 48.0 Å². The number of rotatable bonds is 5. The Morgan fingerprint density at radius 1 is 1.14 bits per heavy atom. The molecule has 0 bridgehead atoms. The number of hydrogen-bond donors (Lipinski definition) is 2. The molecule has 112 valence electrons. The summed E-state index contributed by atoms with van der Waals surface area (Å²) in [5.74, 6) is 0.662. The summed E-state index contributed by atoms with van der Waals surface area (Å²) in [5.41, 5.74) is 7.73. The van der Waals surface area contributed by atoms with Crippen molar-refractivity contribution in [3.63, 3.8) is 0 Å². The van der Waals surface area contributed by atoms with Crippen molar-refractivity contribution in [2.75, 3.05) is 17.6 Å². The zero-order valence-corrected chi connectivity index (χ0v) is 12.8. The van der Waals surface area contributed by atoms with Crippen LogP contribution in [0.3, 0.4) is 0 Å². The standard InChI is InChI=1S/C15H18N2O3S/c1-3-11-4-9-14(10-15(11)16)21(18,19)17-12-5-7-13(20-2)8-6-12/h4-10,17H,3,16H2,1-2H3. The van der Waals surface area contributed by atoms with E-state index in [1.807, 2.05) is 6.92 Å². The maximum Gasteiger partial charge on any atom is 0.261 e. The largest absolute Gasteiger partial charge is 0.497 e. The van der Waals surface area contributed by atoms with E-state index < -0.39 is 10.0 Å². The molecule has 3 N–H and O–H groups in total. The Bertz CT molecular complexity index is 725. The van der Waals surface area contributed by atoms with Gasteiger partial charge in [0.15, 0.2) is 0 Å². The van der Waals surface area contributed by atoms with Gasteiger partial charge in [-0.1, -0.05) is 13.0 Å². The molecule has 0 aliphatic rings. The Kier molecular flexibility index (Phi) is 4.37. The van der Waals surface area contributed by atoms with Crippen LogP contribution in [0, 0.1) is 0 Å². The van der Waals surface area contributed by atoms with Crippen molar-refractivity contribution in [1.82, 2.24) is 0 Å². The number of anilines is 2. The Hall–Kier alpha value is -2.21. The van der Waals surface area contributed by atoms with Crippen molar-refractivity contribution in [2.24, 2.45) is 0 Å². The second-order valence-corrected chi connectivity index (χ2v) is 6.23. The Morgan fingerprint density at radius 3 is 2.33 bits per heavy atom. The quantitative estimate of drug-likeness (QED) is 0.832. The van der Waals surface area contributed by atoms with Gasteiger partial charge in [0, 0.05) is 11.4 Å². The van der Waals surface area contributed by atoms with Gasteiger partial charge in [-0.05, 0) is 48.4 Å². The van der Waals surface area contributed by atoms with Crippen LogP contribution in [0.4, 0.5) is 11.4 Å². The van der Waals surface area contributed by atoms with Gasteiger partial charge in [0.25, 0.3) is 10.0 Å². The molecular weight excluding hydrogens is 288 g/mol. The van der Waals surface area contributed by atoms with Crippen LogP contribution < -0.4 is 15.2 Å². The molecule has 0 atom stereocenters. The lowest BCUT2D eigenvalue weighted by molar-refractivity contribution is 0.415. The zero-order valence-electron chi connectivity index (χ0n) is 12.0. The second-order valence-electron chi connectivity index (χ2n) is 4.55. The minimum atomic E-state index is -3.65. The van der Waals surface area contributed by atoms with Gasteiger partial charge in [-0.25, -0.2) is 8.42 Å². The van der Waals surface area contributed by atoms with E-state index in [9.17, 15) is 8.42 Å². The van der Waals surface area contributed by atoms with Crippen LogP contribution in [0.5, 0.6) is 5.75 Å². The maximum absolute atomic E-state index is 12.3. The third-order valence-corrected chi connectivity index (χ3v) is 4.53. The number of nitrogens with two attached hydrogens (primary N) is 1. The fourth-order valence-corrected chi connectivity index (χ4v) is 3.03. The molecule has 0 saturated heterocycles. The highest BCUT2D eigenvalue weighted by Crippen LogP contribution is 2.22. The van der Waals surface area contributed by atoms with Gasteiger partial charge in [0.1, 0.15) is 5.75 Å². The number of nitrogen functional groups attached to an aromatic ring is 1. The molecule has 0 amide bonds. The predicted octanol–water partition coefficient (Wildman–Crippen LogP) is 2.64. The highest BCUT2D eigenvalue weighted by molar-refractivity contribution is 7.92. The van der Waals surface area contributed by atoms with Crippen LogP contribution in [0.25, 0.3) is 0 Å². The number of methoxy groups -OCH3 is 1. The van der Waals surface area contributed by atoms with Gasteiger partial charge in [0.05, 0.1) is 12.0 Å². The van der Waals surface area contributed by atoms with Gasteiger partial charge in [-0.3, -0.25) is 4.72 Å². The highest BCUT2D eigenvalue weighted by Gasteiger charge is 2.15. The average Bonchev–Trinajstić information content (AvgIpc) is 2.47. The minimum absolute atomic E-state index is 0.146. The van der Waals surface area contributed by atoms with E-state index in [-0.39, 0.29) is 4.90 Å². The SMILES string of the molecule is CCc1ccc(S(=O)(=O)Nc2ccc(OC)cc2)cc1N. The molecule has 0 saturated carbocycles. The summed E-state index contributed by atoms with van der Waals surface area (Å²) < 4.78 is 32.2. The van der Waals surface area contributed by atoms with Crippen LogP contribution in [0.1, 0.15) is 12.5 Å². The summed E-state index contributed by atoms with van der Waals surface area (Å²) in [6.45, 7) is 1.97. The van der Waals surface area contributed by atoms with Crippen molar-refractivity contribution in [3.8, 4) is 5.75 Å². The van der Waals surface area contributed by atoms with Gasteiger partial charge in [-0.15, -0.1) is 0 Å². The molecule has 2 rings (SSSR count). The molecule has 0 radical (unpaired) electrons. The summed E-state index contributed by atoms with van der Waals surface area (Å²) in [6.07, 6.45) is 0.762. The lowest BCUT2D eigenvalue weighted by Gasteiger charge is -2.10. The van der Waals surface area contributed by atoms with Crippen molar-refractivity contribution >= 4 is 21.4 Å². The molecule has 0 spiro atoms. The van der Waals surface area contributed by atoms with Gasteiger partial charge in [-0.2, -0.15) is 0 Å². The number of ether oxygens (including phenoxy) is 1. The Labute approximate surface area is 124 Å². The number of hydrogen-bond acceptors (Lipinski definition) is 4. The van der Waals surface area contributed by atoms with E-state index in [0.717, 1.165) is 12.0 Å². The molecule has 0 aliphatic heterocycles. The van der Waals surface area contributed by atoms with E-state index in [1.165, 1.54) is 6.07 Å². The molecule has 5 nitrogen and oxygen atoms in total. The van der Waals surface area contributed by atoms with Gasteiger partial charge >= 0.3 is 0 Å². The van der Waals surface area contributed by atoms with E-state index in [1.54, 1.807) is 43.5 Å². The fourth-order valence-electron chi connectivity index (χ4n) is 1.94. The summed E-state index contributed by atoms with van der Waals surface area (Å²) >= 11 is 0. The molecule has 6 heteroatoms. The molecule has 0 heterocycles. The smallest absolute Gasteiger partial charge is 0.261 e. The first kappa shape index (κ1) is 15.2. The Balaban J connectivity index is 2.26. The first-order chi connectivity index (χ1) is 9.96. The number of sulfonamides is 1. The topological polar surface area (TPSA) is 81.4 Å². The van der Waals surface area contributed by atoms with Crippen LogP contribution in [-0.4, -0.2) is 15.5 Å². The van der Waals surface area contributed by atoms with E-state index >= 15 is 0 Å². The number of benzene rings is 2. The van der Waals surface area contributed by atoms with Gasteiger partial charge in [0.2, 0.25) is 0 Å². The third kappa shape index (κ3) is 3.46. The normalized spacial score (nSPS) is 11.1. The molecule has 21 heavy (non-hydrogen) atoms. The third-order valence-electron chi connectivity index (χ3n) is 3.15. The highest BCUT2D eigenvalue weighted by atomic mass is 32.2. The van der Waals surface area contributed by atoms with Crippen molar-refractivity contribution in [2.45, 2.75) is 18.2 Å². The van der Waals surface area contributed by atoms with E-state index in [2.05, 4.69) is 4.72 Å². The lowest BCUT2D eigenvalue weighted by atomic mass is 10.1. The second kappa shape index (κ2) is 6.05. The monoisotopic (exact) mass is 306 g/mol. The molecule has 2 aromatic rings. The fraction of sp³-hybridized carbons (Fsp3) is 0.200. The summed E-state index contributed by atoms with van der Waals surface area (Å²) in [4.78, 5) is 0.146. The molecule has 2 aromatic carbocycles. The van der Waals surface area contributed by atoms with Gasteiger partial charge < -0.3 is 10.5 Å². The summed E-state index contributed by atoms with van der Waals surface area (Å²) in [6, 6.07) is 11.4. The van der Waals surface area contributed by atoms with E-state index in [0.29, 0.717) is 17.1 Å². The maximum atomic E-state index is 12.3. The molecule has 0 unspecified atom stereocenters. The van der Waals surface area contributed by atoms with Crippen LogP contribution >= 0.6 is 0 Å². The van der Waals surface area contributed by atoms with Crippen molar-refractivity contribution in [1.29, 1.82) is 0 Å². The van der Waals surface area contributed by atoms with Crippen molar-refractivity contribution < 1.29 is 13.2 Å². The predicted molar refractivity (Wildman–Crippen MR) is 84.0 cm³/mol. The molecule has 0 aliphatic carbocycles. The minimum Gasteiger partial charge on any atom is -0.497 e. The lowest BCUT2D eigenvalue weighted by Crippen LogP contribution is -2.13. The molecule has 0 fully saturated rings. The summed E-state index contributed by atoms with van der Waals surface area (Å²) in [5, 5.41) is 0. The zero-order chi connectivity index (χ0) is 15.5. The number of nitrogens with one attached hydrogen (secondary N) is 1.